The molecule has 148 valence electrons. The summed E-state index contributed by atoms with van der Waals surface area (Å²) in [6, 6.07) is 20.4. The van der Waals surface area contributed by atoms with Gasteiger partial charge >= 0.3 is 0 Å². The van der Waals surface area contributed by atoms with E-state index in [0.29, 0.717) is 12.2 Å². The molecule has 29 heavy (non-hydrogen) atoms. The molecular formula is C23H25N5O. The number of benzene rings is 2. The summed E-state index contributed by atoms with van der Waals surface area (Å²) >= 11 is 0. The van der Waals surface area contributed by atoms with E-state index in [2.05, 4.69) is 44.0 Å². The topological polar surface area (TPSA) is 52.6 Å². The molecular weight excluding hydrogens is 362 g/mol. The molecule has 1 aliphatic heterocycles. The highest BCUT2D eigenvalue weighted by Gasteiger charge is 2.20. The largest absolute Gasteiger partial charge is 0.368 e. The molecule has 2 aromatic carbocycles. The average Bonchev–Trinajstić information content (AvgIpc) is 2.80. The van der Waals surface area contributed by atoms with Gasteiger partial charge in [-0.1, -0.05) is 48.5 Å². The van der Waals surface area contributed by atoms with Gasteiger partial charge in [-0.2, -0.15) is 0 Å². The normalized spacial score (nSPS) is 14.0. The van der Waals surface area contributed by atoms with Crippen molar-refractivity contribution in [1.82, 2.24) is 14.9 Å². The quantitative estimate of drug-likeness (QED) is 0.673. The average molecular weight is 387 g/mol. The number of hydrogen-bond donors (Lipinski definition) is 0. The minimum Gasteiger partial charge on any atom is -0.368 e. The third-order valence-corrected chi connectivity index (χ3v) is 5.19. The number of piperazine rings is 1. The molecule has 6 nitrogen and oxygen atoms in total. The Labute approximate surface area is 171 Å². The van der Waals surface area contributed by atoms with Gasteiger partial charge in [-0.05, 0) is 17.7 Å². The molecule has 1 saturated heterocycles. The van der Waals surface area contributed by atoms with E-state index < -0.39 is 0 Å². The number of anilines is 2. The first-order valence-corrected chi connectivity index (χ1v) is 9.87. The zero-order chi connectivity index (χ0) is 20.1. The lowest BCUT2D eigenvalue weighted by Gasteiger charge is -2.36. The predicted octanol–water partition coefficient (Wildman–Crippen LogP) is 3.08. The van der Waals surface area contributed by atoms with Gasteiger partial charge in [-0.15, -0.1) is 0 Å². The third-order valence-electron chi connectivity index (χ3n) is 5.19. The van der Waals surface area contributed by atoms with E-state index in [4.69, 9.17) is 0 Å². The maximum atomic E-state index is 12.6. The Balaban J connectivity index is 1.35. The zero-order valence-electron chi connectivity index (χ0n) is 16.6. The number of amides is 1. The molecule has 2 heterocycles. The van der Waals surface area contributed by atoms with Crippen LogP contribution in [-0.4, -0.2) is 54.0 Å². The van der Waals surface area contributed by atoms with Crippen LogP contribution < -0.4 is 9.80 Å². The second kappa shape index (κ2) is 8.73. The SMILES string of the molecule is CN(Cc1ccccc1)C(=O)c1cnc(N2CCN(c3ccccc3)CC2)cn1. The number of carbonyl (C=O) groups is 1. The Hall–Kier alpha value is -3.41. The van der Waals surface area contributed by atoms with Crippen LogP contribution in [-0.2, 0) is 6.54 Å². The van der Waals surface area contributed by atoms with Gasteiger partial charge in [0.15, 0.2) is 0 Å². The summed E-state index contributed by atoms with van der Waals surface area (Å²) in [5, 5.41) is 0. The highest BCUT2D eigenvalue weighted by molar-refractivity contribution is 5.91. The number of aromatic nitrogens is 2. The van der Waals surface area contributed by atoms with E-state index in [-0.39, 0.29) is 5.91 Å². The van der Waals surface area contributed by atoms with Crippen LogP contribution in [0, 0.1) is 0 Å². The van der Waals surface area contributed by atoms with E-state index in [1.165, 1.54) is 5.69 Å². The summed E-state index contributed by atoms with van der Waals surface area (Å²) in [7, 11) is 1.79. The Morgan fingerprint density at radius 3 is 2.10 bits per heavy atom. The molecule has 1 aliphatic rings. The fraction of sp³-hybridized carbons (Fsp3) is 0.261. The summed E-state index contributed by atoms with van der Waals surface area (Å²) in [6.45, 7) is 4.18. The lowest BCUT2D eigenvalue weighted by atomic mass is 10.2. The van der Waals surface area contributed by atoms with Crippen molar-refractivity contribution in [2.24, 2.45) is 0 Å². The maximum Gasteiger partial charge on any atom is 0.274 e. The first kappa shape index (κ1) is 18.9. The first-order chi connectivity index (χ1) is 14.2. The van der Waals surface area contributed by atoms with Crippen molar-refractivity contribution in [2.45, 2.75) is 6.54 Å². The van der Waals surface area contributed by atoms with Gasteiger partial charge in [0.2, 0.25) is 0 Å². The molecule has 1 fully saturated rings. The van der Waals surface area contributed by atoms with Crippen LogP contribution in [0.15, 0.2) is 73.1 Å². The van der Waals surface area contributed by atoms with Crippen molar-refractivity contribution in [1.29, 1.82) is 0 Å². The van der Waals surface area contributed by atoms with Gasteiger partial charge in [0, 0.05) is 45.5 Å². The molecule has 3 aromatic rings. The van der Waals surface area contributed by atoms with Gasteiger partial charge in [-0.25, -0.2) is 9.97 Å². The lowest BCUT2D eigenvalue weighted by Crippen LogP contribution is -2.46. The molecule has 0 atom stereocenters. The molecule has 6 heteroatoms. The van der Waals surface area contributed by atoms with Gasteiger partial charge in [0.05, 0.1) is 12.4 Å². The van der Waals surface area contributed by atoms with E-state index in [9.17, 15) is 4.79 Å². The molecule has 0 radical (unpaired) electrons. The van der Waals surface area contributed by atoms with Crippen LogP contribution >= 0.6 is 0 Å². The number of rotatable bonds is 5. The maximum absolute atomic E-state index is 12.6. The standard InChI is InChI=1S/C23H25N5O/c1-26(18-19-8-4-2-5-9-19)23(29)21-16-25-22(17-24-21)28-14-12-27(13-15-28)20-10-6-3-7-11-20/h2-11,16-17H,12-15,18H2,1H3. The number of carbonyl (C=O) groups excluding carboxylic acids is 1. The van der Waals surface area contributed by atoms with E-state index in [1.54, 1.807) is 24.3 Å². The minimum atomic E-state index is -0.123. The fourth-order valence-corrected chi connectivity index (χ4v) is 3.55. The molecule has 0 unspecified atom stereocenters. The van der Waals surface area contributed by atoms with Crippen LogP contribution in [0.5, 0.6) is 0 Å². The molecule has 1 aromatic heterocycles. The second-order valence-corrected chi connectivity index (χ2v) is 7.22. The van der Waals surface area contributed by atoms with E-state index in [1.807, 2.05) is 36.4 Å². The molecule has 0 saturated carbocycles. The number of para-hydroxylation sites is 1. The van der Waals surface area contributed by atoms with Gasteiger partial charge in [0.1, 0.15) is 11.5 Å². The molecule has 0 bridgehead atoms. The fourth-order valence-electron chi connectivity index (χ4n) is 3.55. The van der Waals surface area contributed by atoms with Crippen molar-refractivity contribution in [3.63, 3.8) is 0 Å². The molecule has 1 amide bonds. The van der Waals surface area contributed by atoms with Crippen LogP contribution in [0.2, 0.25) is 0 Å². The summed E-state index contributed by atoms with van der Waals surface area (Å²) < 4.78 is 0. The van der Waals surface area contributed by atoms with Crippen LogP contribution in [0.25, 0.3) is 0 Å². The third kappa shape index (κ3) is 4.54. The van der Waals surface area contributed by atoms with Gasteiger partial charge in [-0.3, -0.25) is 4.79 Å². The van der Waals surface area contributed by atoms with Crippen LogP contribution in [0.3, 0.4) is 0 Å². The van der Waals surface area contributed by atoms with Crippen molar-refractivity contribution >= 4 is 17.4 Å². The molecule has 0 N–H and O–H groups in total. The van der Waals surface area contributed by atoms with Gasteiger partial charge < -0.3 is 14.7 Å². The van der Waals surface area contributed by atoms with Crippen molar-refractivity contribution in [3.05, 3.63) is 84.3 Å². The van der Waals surface area contributed by atoms with Crippen molar-refractivity contribution in [2.75, 3.05) is 43.0 Å². The van der Waals surface area contributed by atoms with Crippen molar-refractivity contribution in [3.8, 4) is 0 Å². The highest BCUT2D eigenvalue weighted by Crippen LogP contribution is 2.18. The molecule has 0 aliphatic carbocycles. The predicted molar refractivity (Wildman–Crippen MR) is 115 cm³/mol. The zero-order valence-corrected chi connectivity index (χ0v) is 16.6. The Morgan fingerprint density at radius 1 is 0.862 bits per heavy atom. The lowest BCUT2D eigenvalue weighted by molar-refractivity contribution is 0.0779. The molecule has 4 rings (SSSR count). The Bertz CT molecular complexity index is 923. The number of hydrogen-bond acceptors (Lipinski definition) is 5. The van der Waals surface area contributed by atoms with Crippen LogP contribution in [0.1, 0.15) is 16.1 Å². The Morgan fingerprint density at radius 2 is 1.48 bits per heavy atom. The minimum absolute atomic E-state index is 0.123. The number of nitrogens with zero attached hydrogens (tertiary/aromatic N) is 5. The summed E-state index contributed by atoms with van der Waals surface area (Å²) in [6.07, 6.45) is 3.30. The second-order valence-electron chi connectivity index (χ2n) is 7.22. The first-order valence-electron chi connectivity index (χ1n) is 9.87. The summed E-state index contributed by atoms with van der Waals surface area (Å²) in [4.78, 5) is 27.8. The summed E-state index contributed by atoms with van der Waals surface area (Å²) in [5.41, 5.74) is 2.71. The van der Waals surface area contributed by atoms with E-state index in [0.717, 1.165) is 37.6 Å². The van der Waals surface area contributed by atoms with Crippen molar-refractivity contribution < 1.29 is 4.79 Å². The smallest absolute Gasteiger partial charge is 0.274 e. The highest BCUT2D eigenvalue weighted by atomic mass is 16.2. The monoisotopic (exact) mass is 387 g/mol. The van der Waals surface area contributed by atoms with E-state index >= 15 is 0 Å². The Kier molecular flexibility index (Phi) is 5.70. The summed E-state index contributed by atoms with van der Waals surface area (Å²) in [5.74, 6) is 0.696. The van der Waals surface area contributed by atoms with Crippen LogP contribution in [0.4, 0.5) is 11.5 Å². The van der Waals surface area contributed by atoms with Gasteiger partial charge in [0.25, 0.3) is 5.91 Å². The molecule has 0 spiro atoms.